The highest BCUT2D eigenvalue weighted by Gasteiger charge is 2.31. The number of carbonyl (C=O) groups is 3. The zero-order valence-corrected chi connectivity index (χ0v) is 8.98. The molecule has 1 N–H and O–H groups in total. The van der Waals surface area contributed by atoms with E-state index in [4.69, 9.17) is 4.74 Å². The molecule has 0 unspecified atom stereocenters. The van der Waals surface area contributed by atoms with E-state index in [0.717, 1.165) is 0 Å². The summed E-state index contributed by atoms with van der Waals surface area (Å²) in [6.45, 7) is -0.210. The van der Waals surface area contributed by atoms with Gasteiger partial charge in [0.25, 0.3) is 11.8 Å². The molecule has 0 bridgehead atoms. The van der Waals surface area contributed by atoms with E-state index in [0.29, 0.717) is 0 Å². The van der Waals surface area contributed by atoms with Crippen LogP contribution in [0.5, 0.6) is 0 Å². The molecule has 0 saturated carbocycles. The van der Waals surface area contributed by atoms with Gasteiger partial charge in [0.1, 0.15) is 0 Å². The molecule has 1 aliphatic rings. The van der Waals surface area contributed by atoms with Gasteiger partial charge >= 0.3 is 5.97 Å². The molecule has 1 aromatic carbocycles. The Morgan fingerprint density at radius 2 is 2.06 bits per heavy atom. The molecule has 2 rings (SSSR count). The number of fused-ring (bicyclic) bond motifs is 1. The van der Waals surface area contributed by atoms with E-state index in [-0.39, 0.29) is 23.5 Å². The van der Waals surface area contributed by atoms with Crippen molar-refractivity contribution in [3.05, 3.63) is 34.9 Å². The average Bonchev–Trinajstić information content (AvgIpc) is 2.62. The van der Waals surface area contributed by atoms with Crippen LogP contribution in [0.3, 0.4) is 0 Å². The van der Waals surface area contributed by atoms with Crippen molar-refractivity contribution in [1.82, 2.24) is 5.32 Å². The lowest BCUT2D eigenvalue weighted by molar-refractivity contribution is -0.0126. The zero-order valence-electron chi connectivity index (χ0n) is 8.98. The molecule has 17 heavy (non-hydrogen) atoms. The molecule has 0 radical (unpaired) electrons. The minimum absolute atomic E-state index is 0.0543. The fourth-order valence-electron chi connectivity index (χ4n) is 1.58. The minimum atomic E-state index is -0.700. The van der Waals surface area contributed by atoms with Crippen LogP contribution in [0.1, 0.15) is 31.1 Å². The highest BCUT2D eigenvalue weighted by Crippen LogP contribution is 2.20. The van der Waals surface area contributed by atoms with Gasteiger partial charge < -0.3 is 9.47 Å². The van der Waals surface area contributed by atoms with Crippen molar-refractivity contribution in [2.75, 3.05) is 13.9 Å². The monoisotopic (exact) mass is 235 g/mol. The first-order valence-electron chi connectivity index (χ1n) is 4.80. The lowest BCUT2D eigenvalue weighted by Crippen LogP contribution is -2.21. The summed E-state index contributed by atoms with van der Waals surface area (Å²) >= 11 is 0. The van der Waals surface area contributed by atoms with E-state index >= 15 is 0 Å². The second-order valence-corrected chi connectivity index (χ2v) is 3.35. The van der Waals surface area contributed by atoms with Crippen LogP contribution in [0.2, 0.25) is 0 Å². The number of nitrogens with one attached hydrogen (secondary N) is 1. The van der Waals surface area contributed by atoms with Crippen LogP contribution in [0.15, 0.2) is 18.2 Å². The number of imide groups is 1. The fourth-order valence-corrected chi connectivity index (χ4v) is 1.58. The Morgan fingerprint density at radius 1 is 1.29 bits per heavy atom. The van der Waals surface area contributed by atoms with Crippen LogP contribution >= 0.6 is 0 Å². The first-order valence-corrected chi connectivity index (χ1v) is 4.80. The number of benzene rings is 1. The predicted molar refractivity (Wildman–Crippen MR) is 55.5 cm³/mol. The van der Waals surface area contributed by atoms with Crippen molar-refractivity contribution in [2.45, 2.75) is 0 Å². The van der Waals surface area contributed by atoms with Crippen LogP contribution in [-0.4, -0.2) is 31.7 Å². The van der Waals surface area contributed by atoms with Crippen LogP contribution in [-0.2, 0) is 9.47 Å². The maximum absolute atomic E-state index is 11.6. The largest absolute Gasteiger partial charge is 0.435 e. The van der Waals surface area contributed by atoms with Crippen molar-refractivity contribution >= 4 is 17.8 Å². The van der Waals surface area contributed by atoms with Crippen LogP contribution in [0, 0.1) is 0 Å². The molecule has 0 aromatic heterocycles. The van der Waals surface area contributed by atoms with Gasteiger partial charge in [-0.3, -0.25) is 14.9 Å². The highest BCUT2D eigenvalue weighted by atomic mass is 16.7. The number of rotatable bonds is 3. The lowest BCUT2D eigenvalue weighted by atomic mass is 10.0. The molecule has 0 spiro atoms. The Kier molecular flexibility index (Phi) is 2.88. The first-order chi connectivity index (χ1) is 8.15. The van der Waals surface area contributed by atoms with Gasteiger partial charge in [0.05, 0.1) is 16.7 Å². The maximum atomic E-state index is 11.6. The van der Waals surface area contributed by atoms with Crippen molar-refractivity contribution in [2.24, 2.45) is 0 Å². The number of esters is 1. The summed E-state index contributed by atoms with van der Waals surface area (Å²) < 4.78 is 9.32. The normalized spacial score (nSPS) is 13.2. The SMILES string of the molecule is COCOC(=O)c1cccc2c1C(=O)NC2=O. The van der Waals surface area contributed by atoms with E-state index in [9.17, 15) is 14.4 Å². The Labute approximate surface area is 96.5 Å². The lowest BCUT2D eigenvalue weighted by Gasteiger charge is -2.05. The Balaban J connectivity index is 2.40. The number of methoxy groups -OCH3 is 1. The molecule has 1 heterocycles. The number of carbonyl (C=O) groups excluding carboxylic acids is 3. The second-order valence-electron chi connectivity index (χ2n) is 3.35. The highest BCUT2D eigenvalue weighted by molar-refractivity contribution is 6.24. The van der Waals surface area contributed by atoms with Crippen LogP contribution in [0.4, 0.5) is 0 Å². The molecule has 1 aromatic rings. The van der Waals surface area contributed by atoms with Crippen LogP contribution < -0.4 is 5.32 Å². The van der Waals surface area contributed by atoms with E-state index in [2.05, 4.69) is 10.1 Å². The molecule has 0 atom stereocenters. The topological polar surface area (TPSA) is 81.7 Å². The first kappa shape index (κ1) is 11.3. The molecule has 0 fully saturated rings. The number of ether oxygens (including phenoxy) is 2. The summed E-state index contributed by atoms with van der Waals surface area (Å²) in [5.74, 6) is -1.80. The van der Waals surface area contributed by atoms with Gasteiger partial charge in [-0.1, -0.05) is 6.07 Å². The third-order valence-corrected chi connectivity index (χ3v) is 2.29. The standard InChI is InChI=1S/C11H9NO5/c1-16-5-17-11(15)7-4-2-3-6-8(7)10(14)12-9(6)13/h2-4H,5H2,1H3,(H,12,13,14). The number of amides is 2. The third-order valence-electron chi connectivity index (χ3n) is 2.29. The number of hydrogen-bond donors (Lipinski definition) is 1. The molecule has 1 aliphatic heterocycles. The van der Waals surface area contributed by atoms with Crippen molar-refractivity contribution in [3.8, 4) is 0 Å². The van der Waals surface area contributed by atoms with Gasteiger partial charge in [0, 0.05) is 7.11 Å². The zero-order chi connectivity index (χ0) is 12.4. The predicted octanol–water partition coefficient (Wildman–Crippen LogP) is 0.331. The van der Waals surface area contributed by atoms with Crippen LogP contribution in [0.25, 0.3) is 0 Å². The summed E-state index contributed by atoms with van der Waals surface area (Å²) in [5, 5.41) is 2.12. The third kappa shape index (κ3) is 1.90. The van der Waals surface area contributed by atoms with Gasteiger partial charge in [-0.15, -0.1) is 0 Å². The molecule has 2 amide bonds. The smallest absolute Gasteiger partial charge is 0.341 e. The van der Waals surface area contributed by atoms with Crippen molar-refractivity contribution in [1.29, 1.82) is 0 Å². The van der Waals surface area contributed by atoms with Crippen molar-refractivity contribution in [3.63, 3.8) is 0 Å². The summed E-state index contributed by atoms with van der Waals surface area (Å²) in [7, 11) is 1.37. The molecule has 0 aliphatic carbocycles. The minimum Gasteiger partial charge on any atom is -0.435 e. The van der Waals surface area contributed by atoms with Gasteiger partial charge in [-0.2, -0.15) is 0 Å². The fraction of sp³-hybridized carbons (Fsp3) is 0.182. The number of hydrogen-bond acceptors (Lipinski definition) is 5. The quantitative estimate of drug-likeness (QED) is 0.464. The average molecular weight is 235 g/mol. The Morgan fingerprint density at radius 3 is 2.76 bits per heavy atom. The molecule has 6 heteroatoms. The maximum Gasteiger partial charge on any atom is 0.341 e. The summed E-state index contributed by atoms with van der Waals surface area (Å²) in [4.78, 5) is 34.5. The van der Waals surface area contributed by atoms with E-state index in [1.807, 2.05) is 0 Å². The van der Waals surface area contributed by atoms with Gasteiger partial charge in [0.15, 0.2) is 6.79 Å². The molecular weight excluding hydrogens is 226 g/mol. The van der Waals surface area contributed by atoms with Gasteiger partial charge in [-0.05, 0) is 12.1 Å². The second kappa shape index (κ2) is 4.34. The molecule has 0 saturated heterocycles. The van der Waals surface area contributed by atoms with Crippen molar-refractivity contribution < 1.29 is 23.9 Å². The Bertz CT molecular complexity index is 509. The molecule has 88 valence electrons. The van der Waals surface area contributed by atoms with Gasteiger partial charge in [0.2, 0.25) is 0 Å². The van der Waals surface area contributed by atoms with E-state index in [1.54, 1.807) is 0 Å². The summed E-state index contributed by atoms with van der Waals surface area (Å²) in [6, 6.07) is 4.41. The molecule has 6 nitrogen and oxygen atoms in total. The van der Waals surface area contributed by atoms with E-state index in [1.165, 1.54) is 25.3 Å². The summed E-state index contributed by atoms with van der Waals surface area (Å²) in [6.07, 6.45) is 0. The summed E-state index contributed by atoms with van der Waals surface area (Å²) in [5.41, 5.74) is 0.295. The van der Waals surface area contributed by atoms with E-state index < -0.39 is 17.8 Å². The molecular formula is C11H9NO5. The Hall–Kier alpha value is -2.21. The van der Waals surface area contributed by atoms with Gasteiger partial charge in [-0.25, -0.2) is 4.79 Å².